The maximum Gasteiger partial charge on any atom is 0.288 e. The average molecular weight is 224 g/mol. The summed E-state index contributed by atoms with van der Waals surface area (Å²) in [6, 6.07) is 0. The minimum absolute atomic E-state index is 0.174. The largest absolute Gasteiger partial charge is 0.349 e. The van der Waals surface area contributed by atoms with Crippen LogP contribution < -0.4 is 5.32 Å². The van der Waals surface area contributed by atoms with E-state index in [9.17, 15) is 4.79 Å². The van der Waals surface area contributed by atoms with Gasteiger partial charge in [-0.3, -0.25) is 9.89 Å². The molecule has 1 heterocycles. The molecule has 5 nitrogen and oxygen atoms in total. The molecule has 0 aliphatic heterocycles. The van der Waals surface area contributed by atoms with Gasteiger partial charge in [0.2, 0.25) is 5.82 Å². The van der Waals surface area contributed by atoms with Crippen molar-refractivity contribution in [3.8, 4) is 0 Å². The second-order valence-corrected chi connectivity index (χ2v) is 3.96. The minimum atomic E-state index is -0.174. The molecule has 0 fully saturated rings. The van der Waals surface area contributed by atoms with Crippen molar-refractivity contribution in [2.45, 2.75) is 39.5 Å². The van der Waals surface area contributed by atoms with Crippen LogP contribution in [-0.4, -0.2) is 27.6 Å². The normalized spacial score (nSPS) is 12.4. The molecule has 1 rings (SSSR count). The molecule has 1 aromatic heterocycles. The number of H-pyrrole nitrogens is 1. The van der Waals surface area contributed by atoms with Gasteiger partial charge < -0.3 is 5.32 Å². The highest BCUT2D eigenvalue weighted by atomic mass is 16.2. The number of nitrogens with zero attached hydrogens (tertiary/aromatic N) is 2. The maximum absolute atomic E-state index is 11.6. The second-order valence-electron chi connectivity index (χ2n) is 3.96. The standard InChI is InChI=1S/C11H20N4O/c1-3-5-6-9(4-2)7-12-11(16)10-13-8-14-15-10/h8-9H,3-7H2,1-2H3,(H,12,16)(H,13,14,15)/t9-/m1/s1. The van der Waals surface area contributed by atoms with Crippen molar-refractivity contribution in [2.24, 2.45) is 5.92 Å². The Kier molecular flexibility index (Phi) is 5.53. The first kappa shape index (κ1) is 12.7. The number of rotatable bonds is 7. The summed E-state index contributed by atoms with van der Waals surface area (Å²) in [5.41, 5.74) is 0. The molecule has 0 saturated heterocycles. The number of hydrogen-bond acceptors (Lipinski definition) is 3. The number of unbranched alkanes of at least 4 members (excludes halogenated alkanes) is 1. The van der Waals surface area contributed by atoms with Gasteiger partial charge in [0.05, 0.1) is 0 Å². The van der Waals surface area contributed by atoms with Crippen molar-refractivity contribution in [1.29, 1.82) is 0 Å². The van der Waals surface area contributed by atoms with E-state index in [1.54, 1.807) is 0 Å². The zero-order valence-corrected chi connectivity index (χ0v) is 9.99. The van der Waals surface area contributed by atoms with Crippen LogP contribution in [0, 0.1) is 5.92 Å². The van der Waals surface area contributed by atoms with E-state index in [0.717, 1.165) is 13.0 Å². The summed E-state index contributed by atoms with van der Waals surface area (Å²) in [7, 11) is 0. The summed E-state index contributed by atoms with van der Waals surface area (Å²) in [5, 5.41) is 9.06. The van der Waals surface area contributed by atoms with Crippen molar-refractivity contribution in [3.05, 3.63) is 12.2 Å². The van der Waals surface area contributed by atoms with Gasteiger partial charge in [-0.2, -0.15) is 5.10 Å². The lowest BCUT2D eigenvalue weighted by Crippen LogP contribution is -2.30. The van der Waals surface area contributed by atoms with Gasteiger partial charge in [0, 0.05) is 6.54 Å². The minimum Gasteiger partial charge on any atom is -0.349 e. The Bertz CT molecular complexity index is 297. The van der Waals surface area contributed by atoms with Crippen molar-refractivity contribution in [2.75, 3.05) is 6.54 Å². The number of aromatic nitrogens is 3. The molecule has 1 atom stereocenters. The highest BCUT2D eigenvalue weighted by Gasteiger charge is 2.11. The summed E-state index contributed by atoms with van der Waals surface area (Å²) in [5.74, 6) is 0.671. The molecule has 0 aromatic carbocycles. The fourth-order valence-electron chi connectivity index (χ4n) is 1.58. The number of nitrogens with one attached hydrogen (secondary N) is 2. The summed E-state index contributed by atoms with van der Waals surface area (Å²) < 4.78 is 0. The Labute approximate surface area is 96.0 Å². The summed E-state index contributed by atoms with van der Waals surface area (Å²) in [6.07, 6.45) is 6.02. The van der Waals surface area contributed by atoms with E-state index >= 15 is 0 Å². The van der Waals surface area contributed by atoms with Crippen LogP contribution in [-0.2, 0) is 0 Å². The average Bonchev–Trinajstić information content (AvgIpc) is 2.82. The lowest BCUT2D eigenvalue weighted by molar-refractivity contribution is 0.0936. The van der Waals surface area contributed by atoms with E-state index in [1.165, 1.54) is 25.6 Å². The van der Waals surface area contributed by atoms with E-state index in [1.807, 2.05) is 0 Å². The SMILES string of the molecule is CCCC[C@@H](CC)CNC(=O)c1ncn[nH]1. The maximum atomic E-state index is 11.6. The lowest BCUT2D eigenvalue weighted by atomic mass is 9.99. The topological polar surface area (TPSA) is 70.7 Å². The van der Waals surface area contributed by atoms with Gasteiger partial charge in [-0.1, -0.05) is 33.1 Å². The Balaban J connectivity index is 2.29. The van der Waals surface area contributed by atoms with Crippen LogP contribution >= 0.6 is 0 Å². The molecule has 0 aliphatic rings. The lowest BCUT2D eigenvalue weighted by Gasteiger charge is -2.14. The van der Waals surface area contributed by atoms with Crippen molar-refractivity contribution >= 4 is 5.91 Å². The molecule has 5 heteroatoms. The first-order chi connectivity index (χ1) is 7.77. The Morgan fingerprint density at radius 2 is 2.38 bits per heavy atom. The molecule has 1 amide bonds. The van der Waals surface area contributed by atoms with Crippen LogP contribution in [0.25, 0.3) is 0 Å². The van der Waals surface area contributed by atoms with Crippen LogP contribution in [0.5, 0.6) is 0 Å². The van der Waals surface area contributed by atoms with Crippen molar-refractivity contribution in [3.63, 3.8) is 0 Å². The van der Waals surface area contributed by atoms with Gasteiger partial charge >= 0.3 is 0 Å². The van der Waals surface area contributed by atoms with E-state index in [2.05, 4.69) is 34.3 Å². The van der Waals surface area contributed by atoms with Gasteiger partial charge in [0.1, 0.15) is 6.33 Å². The second kappa shape index (κ2) is 6.98. The quantitative estimate of drug-likeness (QED) is 0.741. The molecule has 0 bridgehead atoms. The molecule has 1 aromatic rings. The monoisotopic (exact) mass is 224 g/mol. The Hall–Kier alpha value is -1.39. The number of hydrogen-bond donors (Lipinski definition) is 2. The molecule has 2 N–H and O–H groups in total. The predicted molar refractivity (Wildman–Crippen MR) is 62.0 cm³/mol. The fraction of sp³-hybridized carbons (Fsp3) is 0.727. The fourth-order valence-corrected chi connectivity index (χ4v) is 1.58. The molecular weight excluding hydrogens is 204 g/mol. The third-order valence-corrected chi connectivity index (χ3v) is 2.72. The van der Waals surface area contributed by atoms with E-state index in [-0.39, 0.29) is 11.7 Å². The van der Waals surface area contributed by atoms with E-state index in [0.29, 0.717) is 5.92 Å². The number of aromatic amines is 1. The van der Waals surface area contributed by atoms with Crippen LogP contribution in [0.2, 0.25) is 0 Å². The van der Waals surface area contributed by atoms with E-state index < -0.39 is 0 Å². The highest BCUT2D eigenvalue weighted by Crippen LogP contribution is 2.11. The molecule has 0 radical (unpaired) electrons. The van der Waals surface area contributed by atoms with Crippen LogP contribution in [0.15, 0.2) is 6.33 Å². The molecule has 90 valence electrons. The van der Waals surface area contributed by atoms with Gasteiger partial charge in [-0.05, 0) is 12.3 Å². The van der Waals surface area contributed by atoms with Crippen molar-refractivity contribution in [1.82, 2.24) is 20.5 Å². The van der Waals surface area contributed by atoms with Gasteiger partial charge in [0.15, 0.2) is 0 Å². The highest BCUT2D eigenvalue weighted by molar-refractivity contribution is 5.90. The number of amides is 1. The van der Waals surface area contributed by atoms with E-state index in [4.69, 9.17) is 0 Å². The summed E-state index contributed by atoms with van der Waals surface area (Å²) in [4.78, 5) is 15.4. The summed E-state index contributed by atoms with van der Waals surface area (Å²) in [6.45, 7) is 5.05. The zero-order valence-electron chi connectivity index (χ0n) is 9.99. The molecular formula is C11H20N4O. The molecule has 0 saturated carbocycles. The van der Waals surface area contributed by atoms with Gasteiger partial charge in [-0.25, -0.2) is 4.98 Å². The van der Waals surface area contributed by atoms with Crippen LogP contribution in [0.4, 0.5) is 0 Å². The first-order valence-corrected chi connectivity index (χ1v) is 5.91. The molecule has 0 spiro atoms. The van der Waals surface area contributed by atoms with Crippen LogP contribution in [0.3, 0.4) is 0 Å². The Morgan fingerprint density at radius 3 is 2.94 bits per heavy atom. The summed E-state index contributed by atoms with van der Waals surface area (Å²) >= 11 is 0. The molecule has 16 heavy (non-hydrogen) atoms. The zero-order chi connectivity index (χ0) is 11.8. The smallest absolute Gasteiger partial charge is 0.288 e. The van der Waals surface area contributed by atoms with Crippen LogP contribution in [0.1, 0.15) is 50.1 Å². The van der Waals surface area contributed by atoms with Gasteiger partial charge in [-0.15, -0.1) is 0 Å². The number of carbonyl (C=O) groups excluding carboxylic acids is 1. The molecule has 0 aliphatic carbocycles. The van der Waals surface area contributed by atoms with Gasteiger partial charge in [0.25, 0.3) is 5.91 Å². The first-order valence-electron chi connectivity index (χ1n) is 5.91. The van der Waals surface area contributed by atoms with Crippen molar-refractivity contribution < 1.29 is 4.79 Å². The Morgan fingerprint density at radius 1 is 1.56 bits per heavy atom. The predicted octanol–water partition coefficient (Wildman–Crippen LogP) is 1.75. The molecule has 0 unspecified atom stereocenters. The third kappa shape index (κ3) is 4.00. The number of carbonyl (C=O) groups is 1. The third-order valence-electron chi connectivity index (χ3n) is 2.72.